The van der Waals surface area contributed by atoms with Crippen LogP contribution in [0.3, 0.4) is 0 Å². The molecule has 27 heavy (non-hydrogen) atoms. The lowest BCUT2D eigenvalue weighted by atomic mass is 9.85. The number of ketones is 2. The lowest BCUT2D eigenvalue weighted by molar-refractivity contribution is -0.127. The van der Waals surface area contributed by atoms with Crippen molar-refractivity contribution in [2.45, 2.75) is 31.5 Å². The second-order valence-corrected chi connectivity index (χ2v) is 7.95. The fourth-order valence-electron chi connectivity index (χ4n) is 4.83. The van der Waals surface area contributed by atoms with Crippen molar-refractivity contribution < 1.29 is 14.3 Å². The number of Topliss-reactive ketones (excluding diaryl/α,β-unsaturated/α-hetero) is 2. The zero-order valence-electron chi connectivity index (χ0n) is 14.9. The minimum atomic E-state index is -0.670. The van der Waals surface area contributed by atoms with Gasteiger partial charge in [0.1, 0.15) is 5.92 Å². The molecule has 4 unspecified atom stereocenters. The van der Waals surface area contributed by atoms with Gasteiger partial charge >= 0.3 is 0 Å². The van der Waals surface area contributed by atoms with Gasteiger partial charge < -0.3 is 4.74 Å². The Bertz CT molecular complexity index is 946. The highest BCUT2D eigenvalue weighted by Gasteiger charge is 2.61. The maximum atomic E-state index is 13.2. The Labute approximate surface area is 163 Å². The van der Waals surface area contributed by atoms with Crippen LogP contribution >= 0.6 is 11.6 Å². The molecular formula is C23H19ClO3. The maximum Gasteiger partial charge on any atom is 0.154 e. The molecule has 3 nitrogen and oxygen atoms in total. The van der Waals surface area contributed by atoms with Gasteiger partial charge in [0.15, 0.2) is 11.6 Å². The van der Waals surface area contributed by atoms with Gasteiger partial charge in [-0.25, -0.2) is 0 Å². The molecule has 4 atom stereocenters. The van der Waals surface area contributed by atoms with Crippen LogP contribution in [0, 0.1) is 11.8 Å². The summed E-state index contributed by atoms with van der Waals surface area (Å²) in [6.07, 6.45) is 4.19. The summed E-state index contributed by atoms with van der Waals surface area (Å²) in [7, 11) is 0. The molecule has 2 bridgehead atoms. The van der Waals surface area contributed by atoms with Crippen LogP contribution in [0.5, 0.6) is 0 Å². The first-order valence-electron chi connectivity index (χ1n) is 9.38. The SMILES string of the molecule is CCc1ccc(-c2ccc(Cl)cc2)cc1C1C(=O)C2C3C=CC(O3)C2C1=O. The van der Waals surface area contributed by atoms with Crippen LogP contribution < -0.4 is 0 Å². The molecular weight excluding hydrogens is 360 g/mol. The molecule has 1 aliphatic carbocycles. The van der Waals surface area contributed by atoms with Crippen LogP contribution in [-0.2, 0) is 20.7 Å². The fourth-order valence-corrected chi connectivity index (χ4v) is 4.95. The van der Waals surface area contributed by atoms with E-state index >= 15 is 0 Å². The van der Waals surface area contributed by atoms with Crippen molar-refractivity contribution in [3.63, 3.8) is 0 Å². The number of carbonyl (C=O) groups is 2. The lowest BCUT2D eigenvalue weighted by Crippen LogP contribution is -2.26. The second-order valence-electron chi connectivity index (χ2n) is 7.51. The third-order valence-electron chi connectivity index (χ3n) is 6.14. The van der Waals surface area contributed by atoms with Crippen LogP contribution in [0.25, 0.3) is 11.1 Å². The number of carbonyl (C=O) groups excluding carboxylic acids is 2. The molecule has 0 N–H and O–H groups in total. The Morgan fingerprint density at radius 3 is 2.07 bits per heavy atom. The Kier molecular flexibility index (Phi) is 3.85. The largest absolute Gasteiger partial charge is 0.365 e. The second kappa shape index (κ2) is 6.15. The van der Waals surface area contributed by atoms with Crippen LogP contribution in [0.15, 0.2) is 54.6 Å². The van der Waals surface area contributed by atoms with E-state index in [4.69, 9.17) is 16.3 Å². The molecule has 2 aliphatic heterocycles. The van der Waals surface area contributed by atoms with Gasteiger partial charge in [-0.1, -0.05) is 54.9 Å². The average molecular weight is 379 g/mol. The van der Waals surface area contributed by atoms with E-state index in [9.17, 15) is 9.59 Å². The third kappa shape index (κ3) is 2.45. The summed E-state index contributed by atoms with van der Waals surface area (Å²) in [5.41, 5.74) is 3.93. The zero-order valence-corrected chi connectivity index (χ0v) is 15.6. The van der Waals surface area contributed by atoms with Gasteiger partial charge in [-0.15, -0.1) is 0 Å². The molecule has 1 saturated heterocycles. The zero-order chi connectivity index (χ0) is 18.7. The van der Waals surface area contributed by atoms with Crippen LogP contribution in [0.1, 0.15) is 24.0 Å². The molecule has 2 fully saturated rings. The summed E-state index contributed by atoms with van der Waals surface area (Å²) in [5, 5.41) is 0.682. The number of benzene rings is 2. The van der Waals surface area contributed by atoms with Gasteiger partial charge in [0, 0.05) is 5.02 Å². The van der Waals surface area contributed by atoms with E-state index in [0.717, 1.165) is 28.7 Å². The Morgan fingerprint density at radius 2 is 1.48 bits per heavy atom. The molecule has 0 spiro atoms. The van der Waals surface area contributed by atoms with Gasteiger partial charge in [-0.05, 0) is 46.9 Å². The number of halogens is 1. The van der Waals surface area contributed by atoms with E-state index in [1.54, 1.807) is 0 Å². The summed E-state index contributed by atoms with van der Waals surface area (Å²) in [4.78, 5) is 26.4. The maximum absolute atomic E-state index is 13.2. The average Bonchev–Trinajstić information content (AvgIpc) is 3.36. The molecule has 3 aliphatic rings. The molecule has 0 aromatic heterocycles. The van der Waals surface area contributed by atoms with Crippen LogP contribution in [0.2, 0.25) is 5.02 Å². The monoisotopic (exact) mass is 378 g/mol. The van der Waals surface area contributed by atoms with Gasteiger partial charge in [-0.2, -0.15) is 0 Å². The number of rotatable bonds is 3. The first kappa shape index (κ1) is 16.9. The molecule has 0 radical (unpaired) electrons. The highest BCUT2D eigenvalue weighted by molar-refractivity contribution is 6.30. The minimum absolute atomic E-state index is 0.0183. The van der Waals surface area contributed by atoms with E-state index < -0.39 is 5.92 Å². The van der Waals surface area contributed by atoms with Gasteiger partial charge in [0.2, 0.25) is 0 Å². The Morgan fingerprint density at radius 1 is 0.889 bits per heavy atom. The summed E-state index contributed by atoms with van der Waals surface area (Å²) >= 11 is 6.00. The first-order valence-corrected chi connectivity index (χ1v) is 9.76. The van der Waals surface area contributed by atoms with Crippen molar-refractivity contribution >= 4 is 23.2 Å². The summed E-state index contributed by atoms with van der Waals surface area (Å²) in [6, 6.07) is 13.7. The molecule has 2 aromatic rings. The predicted molar refractivity (Wildman–Crippen MR) is 104 cm³/mol. The van der Waals surface area contributed by atoms with Crippen LogP contribution in [-0.4, -0.2) is 23.8 Å². The Hall–Kier alpha value is -2.23. The highest BCUT2D eigenvalue weighted by atomic mass is 35.5. The van der Waals surface area contributed by atoms with Crippen molar-refractivity contribution in [2.24, 2.45) is 11.8 Å². The molecule has 1 saturated carbocycles. The number of aryl methyl sites for hydroxylation is 1. The van der Waals surface area contributed by atoms with E-state index in [1.807, 2.05) is 54.6 Å². The van der Waals surface area contributed by atoms with E-state index in [1.165, 1.54) is 0 Å². The molecule has 0 amide bonds. The summed E-state index contributed by atoms with van der Waals surface area (Å²) < 4.78 is 5.76. The summed E-state index contributed by atoms with van der Waals surface area (Å²) in [6.45, 7) is 2.06. The minimum Gasteiger partial charge on any atom is -0.365 e. The van der Waals surface area contributed by atoms with Gasteiger partial charge in [-0.3, -0.25) is 9.59 Å². The van der Waals surface area contributed by atoms with E-state index in [-0.39, 0.29) is 35.6 Å². The fraction of sp³-hybridized carbons (Fsp3) is 0.304. The van der Waals surface area contributed by atoms with E-state index in [2.05, 4.69) is 6.92 Å². The number of hydrogen-bond donors (Lipinski definition) is 0. The van der Waals surface area contributed by atoms with Crippen LogP contribution in [0.4, 0.5) is 0 Å². The number of hydrogen-bond acceptors (Lipinski definition) is 3. The first-order chi connectivity index (χ1) is 13.1. The van der Waals surface area contributed by atoms with E-state index in [0.29, 0.717) is 5.02 Å². The normalized spacial score (nSPS) is 31.0. The molecule has 136 valence electrons. The summed E-state index contributed by atoms with van der Waals surface area (Å²) in [5.74, 6) is -1.27. The van der Waals surface area contributed by atoms with Crippen molar-refractivity contribution in [1.29, 1.82) is 0 Å². The molecule has 2 aromatic carbocycles. The van der Waals surface area contributed by atoms with Crippen molar-refractivity contribution in [3.8, 4) is 11.1 Å². The van der Waals surface area contributed by atoms with Crippen molar-refractivity contribution in [3.05, 3.63) is 70.8 Å². The lowest BCUT2D eigenvalue weighted by Gasteiger charge is -2.17. The number of ether oxygens (including phenoxy) is 1. The third-order valence-corrected chi connectivity index (χ3v) is 6.39. The van der Waals surface area contributed by atoms with Gasteiger partial charge in [0.05, 0.1) is 24.0 Å². The topological polar surface area (TPSA) is 43.4 Å². The quantitative estimate of drug-likeness (QED) is 0.588. The molecule has 4 heteroatoms. The van der Waals surface area contributed by atoms with Crippen molar-refractivity contribution in [2.75, 3.05) is 0 Å². The molecule has 2 heterocycles. The molecule has 5 rings (SSSR count). The number of fused-ring (bicyclic) bond motifs is 5. The smallest absolute Gasteiger partial charge is 0.154 e. The predicted octanol–water partition coefficient (Wildman–Crippen LogP) is 4.37. The van der Waals surface area contributed by atoms with Crippen molar-refractivity contribution in [1.82, 2.24) is 0 Å². The highest BCUT2D eigenvalue weighted by Crippen LogP contribution is 2.50. The Balaban J connectivity index is 1.58. The van der Waals surface area contributed by atoms with Gasteiger partial charge in [0.25, 0.3) is 0 Å². The standard InChI is InChI=1S/C23H19ClO3/c1-2-12-3-4-14(13-5-7-15(24)8-6-13)11-16(12)19-22(25)20-17-9-10-18(27-17)21(20)23(19)26/h3-11,17-21H,2H2,1H3.